The van der Waals surface area contributed by atoms with Crippen molar-refractivity contribution in [3.8, 4) is 12.3 Å². The largest absolute Gasteiger partial charge is 0.444 e. The maximum atomic E-state index is 11.8. The Labute approximate surface area is 103 Å². The van der Waals surface area contributed by atoms with Gasteiger partial charge in [-0.15, -0.1) is 12.3 Å². The Balaban J connectivity index is 2.45. The summed E-state index contributed by atoms with van der Waals surface area (Å²) in [6.45, 7) is 6.67. The number of terminal acetylenes is 1. The molecular weight excluding hydrogens is 218 g/mol. The Morgan fingerprint density at radius 2 is 2.29 bits per heavy atom. The summed E-state index contributed by atoms with van der Waals surface area (Å²) in [6.07, 6.45) is 5.45. The molecule has 0 radical (unpaired) electrons. The summed E-state index contributed by atoms with van der Waals surface area (Å²) >= 11 is 0. The van der Waals surface area contributed by atoms with Gasteiger partial charge < -0.3 is 14.7 Å². The highest BCUT2D eigenvalue weighted by Gasteiger charge is 2.32. The summed E-state index contributed by atoms with van der Waals surface area (Å²) < 4.78 is 5.27. The van der Waals surface area contributed by atoms with Crippen molar-refractivity contribution < 1.29 is 14.6 Å². The molecule has 1 saturated heterocycles. The first kappa shape index (κ1) is 13.9. The molecule has 1 amide bonds. The number of ether oxygens (including phenoxy) is 1. The van der Waals surface area contributed by atoms with Crippen LogP contribution in [0.25, 0.3) is 0 Å². The molecule has 0 bridgehead atoms. The van der Waals surface area contributed by atoms with E-state index in [1.165, 1.54) is 0 Å². The highest BCUT2D eigenvalue weighted by molar-refractivity contribution is 5.68. The predicted molar refractivity (Wildman–Crippen MR) is 65.4 cm³/mol. The molecule has 4 nitrogen and oxygen atoms in total. The van der Waals surface area contributed by atoms with E-state index in [-0.39, 0.29) is 12.0 Å². The second-order valence-corrected chi connectivity index (χ2v) is 5.45. The van der Waals surface area contributed by atoms with Crippen LogP contribution in [0.1, 0.15) is 33.6 Å². The van der Waals surface area contributed by atoms with Crippen LogP contribution in [-0.4, -0.2) is 40.9 Å². The van der Waals surface area contributed by atoms with E-state index in [4.69, 9.17) is 11.2 Å². The van der Waals surface area contributed by atoms with Gasteiger partial charge in [0.25, 0.3) is 0 Å². The van der Waals surface area contributed by atoms with E-state index >= 15 is 0 Å². The maximum absolute atomic E-state index is 11.8. The van der Waals surface area contributed by atoms with Crippen LogP contribution in [0.4, 0.5) is 4.79 Å². The van der Waals surface area contributed by atoms with Crippen molar-refractivity contribution in [2.75, 3.05) is 13.1 Å². The molecule has 1 aliphatic rings. The van der Waals surface area contributed by atoms with Gasteiger partial charge in [-0.05, 0) is 27.2 Å². The van der Waals surface area contributed by atoms with Gasteiger partial charge in [-0.25, -0.2) is 4.79 Å². The first-order valence-electron chi connectivity index (χ1n) is 5.93. The summed E-state index contributed by atoms with van der Waals surface area (Å²) in [5.41, 5.74) is -0.480. The number of carbonyl (C=O) groups is 1. The smallest absolute Gasteiger partial charge is 0.410 e. The zero-order chi connectivity index (χ0) is 13.1. The summed E-state index contributed by atoms with van der Waals surface area (Å²) in [7, 11) is 0. The molecule has 2 atom stereocenters. The van der Waals surface area contributed by atoms with Crippen LogP contribution in [0.5, 0.6) is 0 Å². The molecular formula is C13H21NO3. The first-order chi connectivity index (χ1) is 7.83. The maximum Gasteiger partial charge on any atom is 0.410 e. The molecule has 0 aromatic carbocycles. The second kappa shape index (κ2) is 5.42. The van der Waals surface area contributed by atoms with E-state index in [0.717, 1.165) is 6.42 Å². The highest BCUT2D eigenvalue weighted by Crippen LogP contribution is 2.23. The van der Waals surface area contributed by atoms with Gasteiger partial charge in [0.1, 0.15) is 5.60 Å². The standard InChI is InChI=1S/C13H21NO3/c1-5-6-11(15)10-7-8-14(9-10)12(16)17-13(2,3)4/h1,10-11,15H,6-9H2,2-4H3. The van der Waals surface area contributed by atoms with Gasteiger partial charge in [0.15, 0.2) is 0 Å². The number of amides is 1. The number of carbonyl (C=O) groups excluding carboxylic acids is 1. The summed E-state index contributed by atoms with van der Waals surface area (Å²) in [4.78, 5) is 13.4. The number of likely N-dealkylation sites (tertiary alicyclic amines) is 1. The zero-order valence-electron chi connectivity index (χ0n) is 10.8. The topological polar surface area (TPSA) is 49.8 Å². The third kappa shape index (κ3) is 4.27. The minimum absolute atomic E-state index is 0.0681. The quantitative estimate of drug-likeness (QED) is 0.745. The average Bonchev–Trinajstić information content (AvgIpc) is 2.63. The van der Waals surface area contributed by atoms with Crippen molar-refractivity contribution in [3.05, 3.63) is 0 Å². The molecule has 1 rings (SSSR count). The molecule has 1 N–H and O–H groups in total. The van der Waals surface area contributed by atoms with E-state index in [1.807, 2.05) is 20.8 Å². The minimum atomic E-state index is -0.521. The van der Waals surface area contributed by atoms with E-state index in [1.54, 1.807) is 4.90 Å². The van der Waals surface area contributed by atoms with Gasteiger partial charge >= 0.3 is 6.09 Å². The molecule has 0 saturated carbocycles. The van der Waals surface area contributed by atoms with Crippen molar-refractivity contribution in [1.29, 1.82) is 0 Å². The van der Waals surface area contributed by atoms with Gasteiger partial charge in [-0.3, -0.25) is 0 Å². The van der Waals surface area contributed by atoms with E-state index in [2.05, 4.69) is 5.92 Å². The van der Waals surface area contributed by atoms with Crippen LogP contribution in [0.2, 0.25) is 0 Å². The lowest BCUT2D eigenvalue weighted by Crippen LogP contribution is -2.36. The van der Waals surface area contributed by atoms with Crippen molar-refractivity contribution in [2.24, 2.45) is 5.92 Å². The summed E-state index contributed by atoms with van der Waals surface area (Å²) in [5.74, 6) is 2.51. The molecule has 96 valence electrons. The van der Waals surface area contributed by atoms with Crippen molar-refractivity contribution >= 4 is 6.09 Å². The van der Waals surface area contributed by atoms with Crippen molar-refractivity contribution in [1.82, 2.24) is 4.90 Å². The Kier molecular flexibility index (Phi) is 4.41. The fourth-order valence-corrected chi connectivity index (χ4v) is 1.88. The third-order valence-corrected chi connectivity index (χ3v) is 2.75. The fraction of sp³-hybridized carbons (Fsp3) is 0.769. The number of aliphatic hydroxyl groups is 1. The van der Waals surface area contributed by atoms with Crippen LogP contribution in [-0.2, 0) is 4.74 Å². The minimum Gasteiger partial charge on any atom is -0.444 e. The Morgan fingerprint density at radius 1 is 1.65 bits per heavy atom. The third-order valence-electron chi connectivity index (χ3n) is 2.75. The molecule has 0 aliphatic carbocycles. The van der Waals surface area contributed by atoms with Crippen LogP contribution < -0.4 is 0 Å². The van der Waals surface area contributed by atoms with Crippen LogP contribution in [0.15, 0.2) is 0 Å². The number of rotatable bonds is 2. The molecule has 1 heterocycles. The molecule has 17 heavy (non-hydrogen) atoms. The van der Waals surface area contributed by atoms with Gasteiger partial charge in [0.2, 0.25) is 0 Å². The molecule has 1 aliphatic heterocycles. The van der Waals surface area contributed by atoms with Crippen molar-refractivity contribution in [2.45, 2.75) is 45.3 Å². The highest BCUT2D eigenvalue weighted by atomic mass is 16.6. The molecule has 0 aromatic heterocycles. The SMILES string of the molecule is C#CCC(O)C1CCN(C(=O)OC(C)(C)C)C1. The Bertz CT molecular complexity index is 314. The molecule has 0 spiro atoms. The van der Waals surface area contributed by atoms with Crippen LogP contribution >= 0.6 is 0 Å². The number of hydrogen-bond donors (Lipinski definition) is 1. The number of aliphatic hydroxyl groups excluding tert-OH is 1. The molecule has 1 fully saturated rings. The first-order valence-corrected chi connectivity index (χ1v) is 5.93. The second-order valence-electron chi connectivity index (χ2n) is 5.45. The van der Waals surface area contributed by atoms with E-state index in [0.29, 0.717) is 19.5 Å². The zero-order valence-corrected chi connectivity index (χ0v) is 10.8. The normalized spacial score (nSPS) is 22.1. The monoisotopic (exact) mass is 239 g/mol. The molecule has 0 aromatic rings. The number of nitrogens with zero attached hydrogens (tertiary/aromatic N) is 1. The van der Waals surface area contributed by atoms with Crippen molar-refractivity contribution in [3.63, 3.8) is 0 Å². The van der Waals surface area contributed by atoms with Gasteiger partial charge in [-0.1, -0.05) is 0 Å². The molecule has 4 heteroatoms. The summed E-state index contributed by atoms with van der Waals surface area (Å²) in [5, 5.41) is 9.76. The van der Waals surface area contributed by atoms with E-state index < -0.39 is 11.7 Å². The Hall–Kier alpha value is -1.21. The fourth-order valence-electron chi connectivity index (χ4n) is 1.88. The lowest BCUT2D eigenvalue weighted by molar-refractivity contribution is 0.0270. The van der Waals surface area contributed by atoms with E-state index in [9.17, 15) is 9.90 Å². The number of hydrogen-bond acceptors (Lipinski definition) is 3. The predicted octanol–water partition coefficient (Wildman–Crippen LogP) is 1.63. The van der Waals surface area contributed by atoms with Crippen LogP contribution in [0.3, 0.4) is 0 Å². The lowest BCUT2D eigenvalue weighted by atomic mass is 9.99. The van der Waals surface area contributed by atoms with Crippen LogP contribution in [0, 0.1) is 18.3 Å². The van der Waals surface area contributed by atoms with Gasteiger partial charge in [-0.2, -0.15) is 0 Å². The van der Waals surface area contributed by atoms with Gasteiger partial charge in [0, 0.05) is 25.4 Å². The Morgan fingerprint density at radius 3 is 2.82 bits per heavy atom. The molecule has 2 unspecified atom stereocenters. The average molecular weight is 239 g/mol. The lowest BCUT2D eigenvalue weighted by Gasteiger charge is -2.24. The van der Waals surface area contributed by atoms with Gasteiger partial charge in [0.05, 0.1) is 6.10 Å². The summed E-state index contributed by atoms with van der Waals surface area (Å²) in [6, 6.07) is 0.